The predicted octanol–water partition coefficient (Wildman–Crippen LogP) is 1.72. The van der Waals surface area contributed by atoms with Crippen LogP contribution in [-0.4, -0.2) is 36.8 Å². The molecule has 1 fully saturated rings. The van der Waals surface area contributed by atoms with Gasteiger partial charge in [-0.3, -0.25) is 9.69 Å². The molecule has 0 bridgehead atoms. The molecule has 1 amide bonds. The van der Waals surface area contributed by atoms with Crippen molar-refractivity contribution in [3.8, 4) is 10.8 Å². The summed E-state index contributed by atoms with van der Waals surface area (Å²) in [6.45, 7) is 0.275. The lowest BCUT2D eigenvalue weighted by Crippen LogP contribution is -2.25. The molecule has 1 atom stereocenters. The van der Waals surface area contributed by atoms with Gasteiger partial charge in [0, 0.05) is 29.6 Å². The van der Waals surface area contributed by atoms with E-state index in [2.05, 4.69) is 10.2 Å². The zero-order valence-electron chi connectivity index (χ0n) is 10.6. The Hall–Kier alpha value is -1.45. The third kappa shape index (κ3) is 3.25. The zero-order valence-corrected chi connectivity index (χ0v) is 13.0. The van der Waals surface area contributed by atoms with Gasteiger partial charge in [0.2, 0.25) is 20.1 Å². The SMILES string of the molecule is O=C1CC(CS(=O)(=O)Cl)CN1c1nnc(-c2ccco2)s1. The molecule has 0 spiro atoms. The van der Waals surface area contributed by atoms with Crippen LogP contribution < -0.4 is 4.90 Å². The maximum absolute atomic E-state index is 12.0. The first-order valence-electron chi connectivity index (χ1n) is 6.02. The molecule has 0 saturated carbocycles. The fourth-order valence-corrected chi connectivity index (χ4v) is 4.34. The summed E-state index contributed by atoms with van der Waals surface area (Å²) in [6, 6.07) is 3.48. The minimum absolute atomic E-state index is 0.140. The third-order valence-corrected chi connectivity index (χ3v) is 5.23. The molecule has 3 heterocycles. The maximum atomic E-state index is 12.0. The van der Waals surface area contributed by atoms with E-state index in [1.807, 2.05) is 0 Å². The second kappa shape index (κ2) is 5.39. The molecule has 1 aliphatic heterocycles. The number of rotatable bonds is 4. The van der Waals surface area contributed by atoms with Crippen LogP contribution in [0.1, 0.15) is 6.42 Å². The highest BCUT2D eigenvalue weighted by Crippen LogP contribution is 2.32. The number of aromatic nitrogens is 2. The van der Waals surface area contributed by atoms with E-state index >= 15 is 0 Å². The van der Waals surface area contributed by atoms with Gasteiger partial charge in [0.25, 0.3) is 0 Å². The normalized spacial score (nSPS) is 19.4. The monoisotopic (exact) mass is 347 g/mol. The van der Waals surface area contributed by atoms with Crippen LogP contribution >= 0.6 is 22.0 Å². The Morgan fingerprint density at radius 3 is 2.95 bits per heavy atom. The smallest absolute Gasteiger partial charge is 0.232 e. The molecule has 1 aliphatic rings. The van der Waals surface area contributed by atoms with Gasteiger partial charge in [-0.05, 0) is 12.1 Å². The molecule has 0 radical (unpaired) electrons. The molecule has 1 saturated heterocycles. The van der Waals surface area contributed by atoms with Gasteiger partial charge in [0.1, 0.15) is 0 Å². The van der Waals surface area contributed by atoms with Gasteiger partial charge in [-0.1, -0.05) is 11.3 Å². The average Bonchev–Trinajstić information content (AvgIpc) is 3.06. The van der Waals surface area contributed by atoms with Crippen molar-refractivity contribution in [2.24, 2.45) is 5.92 Å². The third-order valence-electron chi connectivity index (χ3n) is 3.02. The van der Waals surface area contributed by atoms with E-state index in [0.29, 0.717) is 15.9 Å². The number of halogens is 1. The quantitative estimate of drug-likeness (QED) is 0.782. The molecule has 112 valence electrons. The number of amides is 1. The van der Waals surface area contributed by atoms with Gasteiger partial charge in [0.05, 0.1) is 12.0 Å². The highest BCUT2D eigenvalue weighted by Gasteiger charge is 2.35. The molecule has 3 rings (SSSR count). The minimum Gasteiger partial charge on any atom is -0.462 e. The average molecular weight is 348 g/mol. The lowest BCUT2D eigenvalue weighted by molar-refractivity contribution is -0.117. The molecular weight excluding hydrogens is 338 g/mol. The van der Waals surface area contributed by atoms with E-state index in [9.17, 15) is 13.2 Å². The first-order chi connectivity index (χ1) is 9.92. The summed E-state index contributed by atoms with van der Waals surface area (Å²) in [4.78, 5) is 13.4. The molecule has 10 heteroatoms. The molecule has 0 aliphatic carbocycles. The number of hydrogen-bond acceptors (Lipinski definition) is 7. The van der Waals surface area contributed by atoms with Crippen LogP contribution in [-0.2, 0) is 13.8 Å². The van der Waals surface area contributed by atoms with Crippen molar-refractivity contribution in [2.75, 3.05) is 17.2 Å². The van der Waals surface area contributed by atoms with Gasteiger partial charge >= 0.3 is 0 Å². The standard InChI is InChI=1S/C11H10ClN3O4S2/c12-21(17,18)6-7-4-9(16)15(5-7)11-14-13-10(20-11)8-2-1-3-19-8/h1-3,7H,4-6H2. The van der Waals surface area contributed by atoms with Crippen LogP contribution in [0.15, 0.2) is 22.8 Å². The van der Waals surface area contributed by atoms with Crippen LogP contribution in [0.5, 0.6) is 0 Å². The van der Waals surface area contributed by atoms with Gasteiger partial charge in [0.15, 0.2) is 10.8 Å². The van der Waals surface area contributed by atoms with E-state index in [1.54, 1.807) is 12.1 Å². The molecule has 7 nitrogen and oxygen atoms in total. The summed E-state index contributed by atoms with van der Waals surface area (Å²) >= 11 is 1.22. The van der Waals surface area contributed by atoms with Crippen LogP contribution in [0, 0.1) is 5.92 Å². The van der Waals surface area contributed by atoms with Crippen molar-refractivity contribution in [2.45, 2.75) is 6.42 Å². The number of anilines is 1. The van der Waals surface area contributed by atoms with Crippen molar-refractivity contribution in [1.82, 2.24) is 10.2 Å². The van der Waals surface area contributed by atoms with Gasteiger partial charge in [-0.2, -0.15) is 0 Å². The number of furan rings is 1. The van der Waals surface area contributed by atoms with Crippen molar-refractivity contribution in [3.63, 3.8) is 0 Å². The van der Waals surface area contributed by atoms with Gasteiger partial charge in [-0.15, -0.1) is 10.2 Å². The highest BCUT2D eigenvalue weighted by atomic mass is 35.7. The van der Waals surface area contributed by atoms with Crippen molar-refractivity contribution >= 4 is 42.1 Å². The Bertz CT molecular complexity index is 756. The van der Waals surface area contributed by atoms with Crippen LogP contribution in [0.25, 0.3) is 10.8 Å². The molecule has 0 N–H and O–H groups in total. The van der Waals surface area contributed by atoms with E-state index in [0.717, 1.165) is 0 Å². The summed E-state index contributed by atoms with van der Waals surface area (Å²) in [6.07, 6.45) is 1.67. The Morgan fingerprint density at radius 1 is 1.48 bits per heavy atom. The van der Waals surface area contributed by atoms with Crippen LogP contribution in [0.2, 0.25) is 0 Å². The Labute approximate surface area is 129 Å². The van der Waals surface area contributed by atoms with Crippen LogP contribution in [0.4, 0.5) is 5.13 Å². The summed E-state index contributed by atoms with van der Waals surface area (Å²) in [5, 5.41) is 8.94. The molecule has 0 aromatic carbocycles. The summed E-state index contributed by atoms with van der Waals surface area (Å²) in [7, 11) is 1.61. The largest absolute Gasteiger partial charge is 0.462 e. The topological polar surface area (TPSA) is 93.4 Å². The van der Waals surface area contributed by atoms with Gasteiger partial charge in [-0.25, -0.2) is 8.42 Å². The summed E-state index contributed by atoms with van der Waals surface area (Å²) in [5.41, 5.74) is 0. The lowest BCUT2D eigenvalue weighted by atomic mass is 10.1. The summed E-state index contributed by atoms with van der Waals surface area (Å²) in [5.74, 6) is -0.149. The minimum atomic E-state index is -3.62. The number of hydrogen-bond donors (Lipinski definition) is 0. The fraction of sp³-hybridized carbons (Fsp3) is 0.364. The summed E-state index contributed by atoms with van der Waals surface area (Å²) < 4.78 is 27.4. The van der Waals surface area contributed by atoms with Crippen molar-refractivity contribution < 1.29 is 17.6 Å². The Kier molecular flexibility index (Phi) is 3.72. The zero-order chi connectivity index (χ0) is 15.0. The molecule has 1 unspecified atom stereocenters. The van der Waals surface area contributed by atoms with E-state index in [1.165, 1.54) is 22.5 Å². The van der Waals surface area contributed by atoms with Gasteiger partial charge < -0.3 is 4.42 Å². The molecule has 2 aromatic rings. The van der Waals surface area contributed by atoms with Crippen molar-refractivity contribution in [1.29, 1.82) is 0 Å². The fourth-order valence-electron chi connectivity index (χ4n) is 2.18. The first kappa shape index (κ1) is 14.5. The number of carbonyl (C=O) groups excluding carboxylic acids is 1. The number of nitrogens with zero attached hydrogens (tertiary/aromatic N) is 3. The van der Waals surface area contributed by atoms with Crippen LogP contribution in [0.3, 0.4) is 0 Å². The van der Waals surface area contributed by atoms with E-state index < -0.39 is 9.05 Å². The van der Waals surface area contributed by atoms with E-state index in [4.69, 9.17) is 15.1 Å². The predicted molar refractivity (Wildman–Crippen MR) is 77.7 cm³/mol. The Morgan fingerprint density at radius 2 is 2.29 bits per heavy atom. The maximum Gasteiger partial charge on any atom is 0.232 e. The Balaban J connectivity index is 1.77. The highest BCUT2D eigenvalue weighted by molar-refractivity contribution is 8.13. The van der Waals surface area contributed by atoms with Crippen molar-refractivity contribution in [3.05, 3.63) is 18.4 Å². The molecule has 21 heavy (non-hydrogen) atoms. The lowest BCUT2D eigenvalue weighted by Gasteiger charge is -2.11. The first-order valence-corrected chi connectivity index (χ1v) is 9.32. The molecular formula is C11H10ClN3O4S2. The van der Waals surface area contributed by atoms with E-state index in [-0.39, 0.29) is 30.5 Å². The second-order valence-corrected chi connectivity index (χ2v) is 8.42. The number of carbonyl (C=O) groups is 1. The molecule has 2 aromatic heterocycles. The second-order valence-electron chi connectivity index (χ2n) is 4.65.